The van der Waals surface area contributed by atoms with Crippen LogP contribution in [0, 0.1) is 11.6 Å². The third-order valence-corrected chi connectivity index (χ3v) is 5.80. The summed E-state index contributed by atoms with van der Waals surface area (Å²) in [4.78, 5) is 2.27. The SMILES string of the molecule is O=S(=O)(Nc1cc(F)c(Br)cc1F)c1c[nH]c2c1CC(F)(F)CC2. The molecule has 0 bridgehead atoms. The van der Waals surface area contributed by atoms with Gasteiger partial charge in [0.25, 0.3) is 15.9 Å². The van der Waals surface area contributed by atoms with Crippen molar-refractivity contribution in [2.24, 2.45) is 0 Å². The summed E-state index contributed by atoms with van der Waals surface area (Å²) in [5.74, 6) is -4.87. The van der Waals surface area contributed by atoms with Crippen molar-refractivity contribution < 1.29 is 26.0 Å². The van der Waals surface area contributed by atoms with Gasteiger partial charge < -0.3 is 4.98 Å². The second kappa shape index (κ2) is 5.76. The second-order valence-electron chi connectivity index (χ2n) is 5.49. The molecule has 1 aromatic heterocycles. The van der Waals surface area contributed by atoms with Gasteiger partial charge in [0.2, 0.25) is 0 Å². The van der Waals surface area contributed by atoms with Gasteiger partial charge in [-0.05, 0) is 34.0 Å². The van der Waals surface area contributed by atoms with E-state index in [1.807, 2.05) is 4.72 Å². The summed E-state index contributed by atoms with van der Waals surface area (Å²) in [6.07, 6.45) is -0.000115. The van der Waals surface area contributed by atoms with Crippen LogP contribution < -0.4 is 4.72 Å². The lowest BCUT2D eigenvalue weighted by molar-refractivity contribution is -0.0130. The zero-order valence-corrected chi connectivity index (χ0v) is 14.4. The van der Waals surface area contributed by atoms with Crippen LogP contribution in [0.2, 0.25) is 0 Å². The highest BCUT2D eigenvalue weighted by molar-refractivity contribution is 9.10. The normalized spacial score (nSPS) is 16.7. The molecule has 0 fully saturated rings. The number of alkyl halides is 2. The number of aryl methyl sites for hydroxylation is 1. The first-order chi connectivity index (χ1) is 11.1. The molecule has 4 nitrogen and oxygen atoms in total. The molecule has 0 saturated carbocycles. The Balaban J connectivity index is 1.99. The summed E-state index contributed by atoms with van der Waals surface area (Å²) in [7, 11) is -4.35. The molecule has 1 aliphatic rings. The van der Waals surface area contributed by atoms with Crippen LogP contribution in [0.4, 0.5) is 23.2 Å². The van der Waals surface area contributed by atoms with Gasteiger partial charge in [0.15, 0.2) is 0 Å². The summed E-state index contributed by atoms with van der Waals surface area (Å²) in [5, 5.41) is 0. The Morgan fingerprint density at radius 3 is 2.62 bits per heavy atom. The molecule has 0 unspecified atom stereocenters. The van der Waals surface area contributed by atoms with E-state index in [4.69, 9.17) is 0 Å². The van der Waals surface area contributed by atoms with E-state index in [0.717, 1.165) is 12.3 Å². The van der Waals surface area contributed by atoms with Crippen molar-refractivity contribution in [1.29, 1.82) is 0 Å². The highest BCUT2D eigenvalue weighted by Crippen LogP contribution is 2.36. The van der Waals surface area contributed by atoms with E-state index in [9.17, 15) is 26.0 Å². The highest BCUT2D eigenvalue weighted by Gasteiger charge is 2.38. The van der Waals surface area contributed by atoms with E-state index in [1.54, 1.807) is 0 Å². The van der Waals surface area contributed by atoms with Crippen molar-refractivity contribution in [3.63, 3.8) is 0 Å². The third-order valence-electron chi connectivity index (χ3n) is 3.76. The molecule has 24 heavy (non-hydrogen) atoms. The molecule has 1 aromatic carbocycles. The maximum Gasteiger partial charge on any atom is 0.263 e. The van der Waals surface area contributed by atoms with Crippen LogP contribution in [0.25, 0.3) is 0 Å². The Hall–Kier alpha value is -1.55. The molecule has 0 saturated heterocycles. The van der Waals surface area contributed by atoms with Gasteiger partial charge in [-0.2, -0.15) is 0 Å². The largest absolute Gasteiger partial charge is 0.363 e. The summed E-state index contributed by atoms with van der Waals surface area (Å²) in [6, 6.07) is 1.44. The molecular weight excluding hydrogens is 416 g/mol. The Kier molecular flexibility index (Phi) is 4.15. The fourth-order valence-electron chi connectivity index (χ4n) is 2.59. The molecule has 1 heterocycles. The number of hydrogen-bond donors (Lipinski definition) is 2. The van der Waals surface area contributed by atoms with E-state index in [0.29, 0.717) is 11.8 Å². The molecular formula is C14H11BrF4N2O2S. The average molecular weight is 427 g/mol. The summed E-state index contributed by atoms with van der Waals surface area (Å²) in [6.45, 7) is 0. The average Bonchev–Trinajstić information content (AvgIpc) is 2.87. The van der Waals surface area contributed by atoms with E-state index in [1.165, 1.54) is 0 Å². The number of anilines is 1. The maximum absolute atomic E-state index is 13.8. The number of fused-ring (bicyclic) bond motifs is 1. The predicted octanol–water partition coefficient (Wildman–Crippen LogP) is 3.98. The second-order valence-corrected chi connectivity index (χ2v) is 8.00. The number of aromatic amines is 1. The molecule has 1 aliphatic carbocycles. The highest BCUT2D eigenvalue weighted by atomic mass is 79.9. The number of rotatable bonds is 3. The first-order valence-electron chi connectivity index (χ1n) is 6.83. The number of sulfonamides is 1. The smallest absolute Gasteiger partial charge is 0.263 e. The number of halogens is 5. The van der Waals surface area contributed by atoms with Crippen LogP contribution in [-0.2, 0) is 22.9 Å². The molecule has 0 atom stereocenters. The minimum absolute atomic E-state index is 0.0130. The van der Waals surface area contributed by atoms with Gasteiger partial charge in [0.1, 0.15) is 16.5 Å². The van der Waals surface area contributed by atoms with E-state index in [-0.39, 0.29) is 27.8 Å². The number of benzene rings is 1. The Morgan fingerprint density at radius 2 is 1.92 bits per heavy atom. The van der Waals surface area contributed by atoms with E-state index in [2.05, 4.69) is 20.9 Å². The standard InChI is InChI=1S/C14H11BrF4N2O2S/c15-8-3-10(17)12(4-9(8)16)21-24(22,23)13-6-20-11-1-2-14(18,19)5-7(11)13/h3-4,6,20-21H,1-2,5H2. The van der Waals surface area contributed by atoms with Gasteiger partial charge >= 0.3 is 0 Å². The lowest BCUT2D eigenvalue weighted by Gasteiger charge is -2.22. The first-order valence-corrected chi connectivity index (χ1v) is 9.11. The zero-order valence-electron chi connectivity index (χ0n) is 12.0. The lowest BCUT2D eigenvalue weighted by atomic mass is 9.95. The molecule has 0 spiro atoms. The van der Waals surface area contributed by atoms with Gasteiger partial charge in [-0.25, -0.2) is 26.0 Å². The van der Waals surface area contributed by atoms with Crippen LogP contribution in [0.15, 0.2) is 27.7 Å². The van der Waals surface area contributed by atoms with Crippen molar-refractivity contribution in [2.45, 2.75) is 30.1 Å². The van der Waals surface area contributed by atoms with Gasteiger partial charge in [0, 0.05) is 30.8 Å². The van der Waals surface area contributed by atoms with Crippen molar-refractivity contribution in [3.05, 3.63) is 45.7 Å². The molecule has 2 aromatic rings. The van der Waals surface area contributed by atoms with Gasteiger partial charge in [-0.15, -0.1) is 0 Å². The fourth-order valence-corrected chi connectivity index (χ4v) is 4.19. The molecule has 10 heteroatoms. The summed E-state index contributed by atoms with van der Waals surface area (Å²) in [5.41, 5.74) is -0.228. The van der Waals surface area contributed by atoms with E-state index < -0.39 is 39.7 Å². The monoisotopic (exact) mass is 426 g/mol. The summed E-state index contributed by atoms with van der Waals surface area (Å²) < 4.78 is 81.0. The Morgan fingerprint density at radius 1 is 1.21 bits per heavy atom. The van der Waals surface area contributed by atoms with Crippen LogP contribution >= 0.6 is 15.9 Å². The van der Waals surface area contributed by atoms with Gasteiger partial charge in [-0.1, -0.05) is 0 Å². The van der Waals surface area contributed by atoms with E-state index >= 15 is 0 Å². The van der Waals surface area contributed by atoms with Crippen molar-refractivity contribution >= 4 is 31.6 Å². The van der Waals surface area contributed by atoms with Gasteiger partial charge in [-0.3, -0.25) is 4.72 Å². The molecule has 2 N–H and O–H groups in total. The fraction of sp³-hybridized carbons (Fsp3) is 0.286. The van der Waals surface area contributed by atoms with Crippen LogP contribution in [0.3, 0.4) is 0 Å². The van der Waals surface area contributed by atoms with Crippen molar-refractivity contribution in [2.75, 3.05) is 4.72 Å². The third kappa shape index (κ3) is 3.16. The lowest BCUT2D eigenvalue weighted by Crippen LogP contribution is -2.27. The molecule has 3 rings (SSSR count). The van der Waals surface area contributed by atoms with Crippen LogP contribution in [0.1, 0.15) is 17.7 Å². The van der Waals surface area contributed by atoms with Crippen LogP contribution in [-0.4, -0.2) is 19.3 Å². The van der Waals surface area contributed by atoms with Crippen LogP contribution in [0.5, 0.6) is 0 Å². The molecule has 0 amide bonds. The van der Waals surface area contributed by atoms with Gasteiger partial charge in [0.05, 0.1) is 10.2 Å². The van der Waals surface area contributed by atoms with Crippen molar-refractivity contribution in [3.8, 4) is 0 Å². The Labute approximate surface area is 143 Å². The number of aromatic nitrogens is 1. The molecule has 0 aliphatic heterocycles. The van der Waals surface area contributed by atoms with Crippen molar-refractivity contribution in [1.82, 2.24) is 4.98 Å². The predicted molar refractivity (Wildman–Crippen MR) is 82.6 cm³/mol. The first kappa shape index (κ1) is 17.3. The molecule has 0 radical (unpaired) electrons. The minimum Gasteiger partial charge on any atom is -0.363 e. The summed E-state index contributed by atoms with van der Waals surface area (Å²) >= 11 is 2.78. The quantitative estimate of drug-likeness (QED) is 0.575. The molecule has 130 valence electrons. The number of H-pyrrole nitrogens is 1. The minimum atomic E-state index is -4.35. The maximum atomic E-state index is 13.8. The topological polar surface area (TPSA) is 62.0 Å². The number of hydrogen-bond acceptors (Lipinski definition) is 2. The number of nitrogens with one attached hydrogen (secondary N) is 2. The zero-order chi connectivity index (χ0) is 17.7. The Bertz CT molecular complexity index is 912.